The third-order valence-corrected chi connectivity index (χ3v) is 4.05. The number of amides is 1. The van der Waals surface area contributed by atoms with Gasteiger partial charge in [0.1, 0.15) is 12.8 Å². The molecule has 0 bridgehead atoms. The molecule has 1 saturated heterocycles. The fraction of sp³-hybridized carbons (Fsp3) is 0.765. The van der Waals surface area contributed by atoms with Crippen molar-refractivity contribution in [3.63, 3.8) is 0 Å². The Balaban J connectivity index is 3.24. The van der Waals surface area contributed by atoms with Crippen LogP contribution in [0.25, 0.3) is 0 Å². The standard InChI is InChI=1S/C17H25ClFNO9/c1-5-6-20(8-18)17(24)29-16-15(27-11(4)23)14(26-10(3)22)13(25-9(2)21)12(7-19)28-16/h12-16H,5-8H2,1-4H3/t12-,13-,14+,15-,16+/m1/s1. The van der Waals surface area contributed by atoms with Crippen LogP contribution >= 0.6 is 11.6 Å². The minimum atomic E-state index is -1.63. The zero-order chi connectivity index (χ0) is 22.1. The lowest BCUT2D eigenvalue weighted by Crippen LogP contribution is -2.63. The molecule has 0 radical (unpaired) electrons. The Labute approximate surface area is 172 Å². The summed E-state index contributed by atoms with van der Waals surface area (Å²) in [5, 5.41) is 0. The van der Waals surface area contributed by atoms with Crippen LogP contribution in [0.2, 0.25) is 0 Å². The molecule has 0 aromatic rings. The summed E-state index contributed by atoms with van der Waals surface area (Å²) in [6, 6.07) is -0.187. The normalized spacial score (nSPS) is 26.2. The van der Waals surface area contributed by atoms with Crippen molar-refractivity contribution in [1.29, 1.82) is 0 Å². The van der Waals surface area contributed by atoms with Crippen LogP contribution in [-0.2, 0) is 38.1 Å². The molecule has 0 aliphatic carbocycles. The van der Waals surface area contributed by atoms with Crippen molar-refractivity contribution in [1.82, 2.24) is 4.90 Å². The topological polar surface area (TPSA) is 118 Å². The molecule has 166 valence electrons. The van der Waals surface area contributed by atoms with Crippen molar-refractivity contribution >= 4 is 35.6 Å². The first kappa shape index (κ1) is 24.9. The summed E-state index contributed by atoms with van der Waals surface area (Å²) in [6.45, 7) is 4.11. The minimum Gasteiger partial charge on any atom is -0.456 e. The largest absolute Gasteiger partial charge is 0.456 e. The number of halogens is 2. The fourth-order valence-corrected chi connectivity index (χ4v) is 2.93. The lowest BCUT2D eigenvalue weighted by molar-refractivity contribution is -0.292. The predicted molar refractivity (Wildman–Crippen MR) is 95.5 cm³/mol. The Morgan fingerprint density at radius 2 is 1.45 bits per heavy atom. The van der Waals surface area contributed by atoms with Gasteiger partial charge < -0.3 is 23.7 Å². The highest BCUT2D eigenvalue weighted by atomic mass is 35.5. The van der Waals surface area contributed by atoms with Crippen molar-refractivity contribution in [2.75, 3.05) is 19.2 Å². The van der Waals surface area contributed by atoms with E-state index in [9.17, 15) is 23.6 Å². The highest BCUT2D eigenvalue weighted by Crippen LogP contribution is 2.30. The first-order valence-corrected chi connectivity index (χ1v) is 9.42. The molecule has 1 aliphatic rings. The van der Waals surface area contributed by atoms with Crippen molar-refractivity contribution in [3.8, 4) is 0 Å². The highest BCUT2D eigenvalue weighted by molar-refractivity contribution is 6.18. The Morgan fingerprint density at radius 3 is 1.90 bits per heavy atom. The van der Waals surface area contributed by atoms with Crippen LogP contribution in [0.1, 0.15) is 34.1 Å². The van der Waals surface area contributed by atoms with E-state index in [-0.39, 0.29) is 12.5 Å². The van der Waals surface area contributed by atoms with E-state index in [1.165, 1.54) is 0 Å². The number of hydrogen-bond donors (Lipinski definition) is 0. The van der Waals surface area contributed by atoms with Gasteiger partial charge in [0.15, 0.2) is 12.2 Å². The molecule has 1 fully saturated rings. The van der Waals surface area contributed by atoms with E-state index in [0.29, 0.717) is 6.42 Å². The quantitative estimate of drug-likeness (QED) is 0.239. The molecule has 1 rings (SSSR count). The Kier molecular flexibility index (Phi) is 10.1. The maximum atomic E-state index is 13.6. The average molecular weight is 442 g/mol. The van der Waals surface area contributed by atoms with Crippen LogP contribution in [0.4, 0.5) is 9.18 Å². The molecule has 0 N–H and O–H groups in total. The third kappa shape index (κ3) is 7.32. The van der Waals surface area contributed by atoms with Gasteiger partial charge in [-0.15, -0.1) is 11.6 Å². The lowest BCUT2D eigenvalue weighted by atomic mass is 9.98. The van der Waals surface area contributed by atoms with Crippen LogP contribution in [0.15, 0.2) is 0 Å². The number of hydrogen-bond acceptors (Lipinski definition) is 9. The third-order valence-electron chi connectivity index (χ3n) is 3.76. The molecule has 12 heteroatoms. The second kappa shape index (κ2) is 11.8. The summed E-state index contributed by atoms with van der Waals surface area (Å²) in [4.78, 5) is 48.1. The Bertz CT molecular complexity index is 605. The summed E-state index contributed by atoms with van der Waals surface area (Å²) in [6.07, 6.45) is -7.81. The average Bonchev–Trinajstić information content (AvgIpc) is 2.62. The summed E-state index contributed by atoms with van der Waals surface area (Å²) in [7, 11) is 0. The van der Waals surface area contributed by atoms with Crippen LogP contribution in [0.3, 0.4) is 0 Å². The molecule has 0 aromatic heterocycles. The van der Waals surface area contributed by atoms with E-state index >= 15 is 0 Å². The van der Waals surface area contributed by atoms with E-state index in [1.54, 1.807) is 0 Å². The van der Waals surface area contributed by atoms with Crippen LogP contribution < -0.4 is 0 Å². The highest BCUT2D eigenvalue weighted by Gasteiger charge is 2.53. The molecule has 1 amide bonds. The summed E-state index contributed by atoms with van der Waals surface area (Å²) in [5.74, 6) is -2.44. The predicted octanol–water partition coefficient (Wildman–Crippen LogP) is 1.52. The first-order chi connectivity index (χ1) is 13.6. The van der Waals surface area contributed by atoms with E-state index in [4.69, 9.17) is 35.3 Å². The number of alkyl halides is 2. The Morgan fingerprint density at radius 1 is 0.931 bits per heavy atom. The molecule has 0 unspecified atom stereocenters. The summed E-state index contributed by atoms with van der Waals surface area (Å²) in [5.41, 5.74) is 0. The monoisotopic (exact) mass is 441 g/mol. The number of ether oxygens (including phenoxy) is 5. The van der Waals surface area contributed by atoms with Gasteiger partial charge in [-0.1, -0.05) is 6.92 Å². The number of rotatable bonds is 8. The van der Waals surface area contributed by atoms with Crippen molar-refractivity contribution < 1.29 is 47.3 Å². The number of esters is 3. The van der Waals surface area contributed by atoms with Gasteiger partial charge in [-0.25, -0.2) is 9.18 Å². The van der Waals surface area contributed by atoms with Crippen molar-refractivity contribution in [2.45, 2.75) is 64.8 Å². The molecule has 0 aromatic carbocycles. The molecule has 1 aliphatic heterocycles. The summed E-state index contributed by atoms with van der Waals surface area (Å²) >= 11 is 5.73. The molecular formula is C17H25ClFNO9. The summed E-state index contributed by atoms with van der Waals surface area (Å²) < 4.78 is 39.5. The smallest absolute Gasteiger partial charge is 0.413 e. The number of nitrogens with zero attached hydrogens (tertiary/aromatic N) is 1. The van der Waals surface area contributed by atoms with E-state index < -0.39 is 61.4 Å². The molecule has 0 spiro atoms. The van der Waals surface area contributed by atoms with Gasteiger partial charge in [-0.2, -0.15) is 0 Å². The maximum absolute atomic E-state index is 13.6. The van der Waals surface area contributed by atoms with E-state index in [1.807, 2.05) is 6.92 Å². The van der Waals surface area contributed by atoms with E-state index in [2.05, 4.69) is 0 Å². The van der Waals surface area contributed by atoms with Gasteiger partial charge in [0.05, 0.1) is 6.00 Å². The van der Waals surface area contributed by atoms with Crippen LogP contribution in [0, 0.1) is 0 Å². The van der Waals surface area contributed by atoms with Gasteiger partial charge in [0.2, 0.25) is 12.4 Å². The number of carbonyl (C=O) groups is 4. The maximum Gasteiger partial charge on any atom is 0.413 e. The van der Waals surface area contributed by atoms with Crippen LogP contribution in [0.5, 0.6) is 0 Å². The number of carbonyl (C=O) groups excluding carboxylic acids is 4. The molecule has 5 atom stereocenters. The van der Waals surface area contributed by atoms with Gasteiger partial charge >= 0.3 is 24.0 Å². The van der Waals surface area contributed by atoms with Crippen molar-refractivity contribution in [3.05, 3.63) is 0 Å². The van der Waals surface area contributed by atoms with Gasteiger partial charge in [-0.3, -0.25) is 19.3 Å². The fourth-order valence-electron chi connectivity index (χ4n) is 2.72. The Hall–Kier alpha value is -2.14. The lowest BCUT2D eigenvalue weighted by Gasteiger charge is -2.43. The molecular weight excluding hydrogens is 417 g/mol. The van der Waals surface area contributed by atoms with Gasteiger partial charge in [-0.05, 0) is 6.42 Å². The minimum absolute atomic E-state index is 0.187. The zero-order valence-corrected chi connectivity index (χ0v) is 17.3. The zero-order valence-electron chi connectivity index (χ0n) is 16.6. The molecule has 10 nitrogen and oxygen atoms in total. The second-order valence-electron chi connectivity index (χ2n) is 6.19. The first-order valence-electron chi connectivity index (χ1n) is 8.89. The second-order valence-corrected chi connectivity index (χ2v) is 6.43. The van der Waals surface area contributed by atoms with Gasteiger partial charge in [0.25, 0.3) is 0 Å². The molecule has 29 heavy (non-hydrogen) atoms. The molecule has 1 heterocycles. The molecule has 0 saturated carbocycles. The van der Waals surface area contributed by atoms with Crippen molar-refractivity contribution in [2.24, 2.45) is 0 Å². The van der Waals surface area contributed by atoms with Crippen LogP contribution in [-0.4, -0.2) is 78.8 Å². The van der Waals surface area contributed by atoms with E-state index in [0.717, 1.165) is 25.7 Å². The van der Waals surface area contributed by atoms with Gasteiger partial charge in [0, 0.05) is 27.3 Å². The SMILES string of the molecule is CCCN(CCl)C(=O)O[C@@H]1O[C@H](CF)[C@@H](OC(C)=O)[C@H](OC(C)=O)[C@H]1OC(C)=O.